The topological polar surface area (TPSA) is 116 Å². The van der Waals surface area contributed by atoms with Gasteiger partial charge in [0.15, 0.2) is 0 Å². The quantitative estimate of drug-likeness (QED) is 0.393. The maximum absolute atomic E-state index is 10.6. The van der Waals surface area contributed by atoms with Crippen molar-refractivity contribution in [3.8, 4) is 0 Å². The van der Waals surface area contributed by atoms with Crippen LogP contribution in [0.1, 0.15) is 103 Å². The zero-order chi connectivity index (χ0) is 23.3. The Labute approximate surface area is 219 Å². The summed E-state index contributed by atoms with van der Waals surface area (Å²) in [4.78, 5) is 42.3. The fourth-order valence-electron chi connectivity index (χ4n) is 3.61. The first-order valence-corrected chi connectivity index (χ1v) is 12.6. The number of amides is 4. The van der Waals surface area contributed by atoms with E-state index >= 15 is 0 Å². The van der Waals surface area contributed by atoms with E-state index in [4.69, 9.17) is 0 Å². The van der Waals surface area contributed by atoms with Crippen molar-refractivity contribution in [3.63, 3.8) is 0 Å². The van der Waals surface area contributed by atoms with Gasteiger partial charge in [0.05, 0.1) is 0 Å². The lowest BCUT2D eigenvalue weighted by molar-refractivity contribution is -0.121. The van der Waals surface area contributed by atoms with E-state index in [1.54, 1.807) is 0 Å². The minimum absolute atomic E-state index is 0. The number of carbonyl (C=O) groups is 4. The highest BCUT2D eigenvalue weighted by Crippen LogP contribution is 2.04. The van der Waals surface area contributed by atoms with Crippen LogP contribution >= 0.6 is 27.0 Å². The molecule has 4 fully saturated rings. The van der Waals surface area contributed by atoms with Crippen LogP contribution in [0, 0.1) is 0 Å². The highest BCUT2D eigenvalue weighted by molar-refractivity contribution is 7.59. The summed E-state index contributed by atoms with van der Waals surface area (Å²) >= 11 is 0. The Kier molecular flexibility index (Phi) is 25.2. The first kappa shape index (κ1) is 34.7. The summed E-state index contributed by atoms with van der Waals surface area (Å²) in [5.41, 5.74) is 0. The van der Waals surface area contributed by atoms with Crippen molar-refractivity contribution in [2.75, 3.05) is 26.2 Å². The van der Waals surface area contributed by atoms with Gasteiger partial charge < -0.3 is 21.3 Å². The van der Waals surface area contributed by atoms with Crippen LogP contribution in [-0.4, -0.2) is 49.8 Å². The third kappa shape index (κ3) is 22.4. The highest BCUT2D eigenvalue weighted by atomic mass is 32.1. The Balaban J connectivity index is 0. The van der Waals surface area contributed by atoms with Crippen LogP contribution in [0.2, 0.25) is 0 Å². The second-order valence-electron chi connectivity index (χ2n) is 8.64. The molecule has 4 rings (SSSR count). The highest BCUT2D eigenvalue weighted by Gasteiger charge is 2.05. The fourth-order valence-corrected chi connectivity index (χ4v) is 3.61. The zero-order valence-corrected chi connectivity index (χ0v) is 22.8. The summed E-state index contributed by atoms with van der Waals surface area (Å²) < 4.78 is 0. The Hall–Kier alpha value is -1.42. The van der Waals surface area contributed by atoms with Crippen LogP contribution in [-0.2, 0) is 19.2 Å². The molecule has 0 aromatic heterocycles. The molecule has 4 amide bonds. The van der Waals surface area contributed by atoms with Crippen LogP contribution in [0.5, 0.6) is 0 Å². The summed E-state index contributed by atoms with van der Waals surface area (Å²) in [6.07, 6.45) is 16.7. The van der Waals surface area contributed by atoms with Crippen molar-refractivity contribution >= 4 is 50.6 Å². The molecule has 0 saturated carbocycles. The molecule has 0 atom stereocenters. The smallest absolute Gasteiger partial charge is 0.219 e. The van der Waals surface area contributed by atoms with E-state index in [2.05, 4.69) is 21.3 Å². The average molecular weight is 521 g/mol. The van der Waals surface area contributed by atoms with Crippen molar-refractivity contribution in [2.45, 2.75) is 103 Å². The molecule has 0 aliphatic carbocycles. The summed E-state index contributed by atoms with van der Waals surface area (Å²) in [7, 11) is 0. The van der Waals surface area contributed by atoms with Crippen LogP contribution in [0.4, 0.5) is 0 Å². The third-order valence-electron chi connectivity index (χ3n) is 5.61. The maximum Gasteiger partial charge on any atom is 0.219 e. The lowest BCUT2D eigenvalue weighted by Crippen LogP contribution is -2.21. The molecule has 4 heterocycles. The van der Waals surface area contributed by atoms with Crippen molar-refractivity contribution in [3.05, 3.63) is 0 Å². The van der Waals surface area contributed by atoms with E-state index in [1.165, 1.54) is 25.7 Å². The fraction of sp³-hybridized carbons (Fsp3) is 0.833. The first-order valence-electron chi connectivity index (χ1n) is 12.6. The monoisotopic (exact) mass is 520 g/mol. The summed E-state index contributed by atoms with van der Waals surface area (Å²) in [6.45, 7) is 3.55. The molecule has 4 N–H and O–H groups in total. The van der Waals surface area contributed by atoms with Gasteiger partial charge in [-0.05, 0) is 51.4 Å². The van der Waals surface area contributed by atoms with Gasteiger partial charge in [-0.1, -0.05) is 25.7 Å². The summed E-state index contributed by atoms with van der Waals surface area (Å²) in [6, 6.07) is 0. The predicted octanol–water partition coefficient (Wildman–Crippen LogP) is 2.93. The van der Waals surface area contributed by atoms with Gasteiger partial charge in [0.2, 0.25) is 23.6 Å². The molecule has 0 bridgehead atoms. The van der Waals surface area contributed by atoms with E-state index in [-0.39, 0.29) is 50.6 Å². The van der Waals surface area contributed by atoms with Gasteiger partial charge in [0.25, 0.3) is 0 Å². The zero-order valence-electron chi connectivity index (χ0n) is 20.8. The van der Waals surface area contributed by atoms with E-state index in [9.17, 15) is 19.2 Å². The Morgan fingerprint density at radius 3 is 0.735 bits per heavy atom. The number of hydrogen-bond donors (Lipinski definition) is 4. The minimum atomic E-state index is 0. The van der Waals surface area contributed by atoms with Gasteiger partial charge in [0, 0.05) is 51.9 Å². The molecular formula is C24H48N4O4S2. The average Bonchev–Trinajstić information content (AvgIpc) is 3.35. The minimum Gasteiger partial charge on any atom is -0.356 e. The lowest BCUT2D eigenvalue weighted by Gasteiger charge is -1.93. The third-order valence-corrected chi connectivity index (χ3v) is 5.61. The van der Waals surface area contributed by atoms with Crippen molar-refractivity contribution in [1.29, 1.82) is 0 Å². The number of nitrogens with one attached hydrogen (secondary N) is 4. The van der Waals surface area contributed by atoms with Crippen LogP contribution in [0.15, 0.2) is 0 Å². The van der Waals surface area contributed by atoms with E-state index < -0.39 is 0 Å². The standard InChI is InChI=1S/4C6H11NO.2H2S/c4*8-6-4-2-1-3-5-7-6;;/h4*1-5H2,(H,7,8);2*1H2. The number of hydrogen-bond acceptors (Lipinski definition) is 4. The van der Waals surface area contributed by atoms with Crippen molar-refractivity contribution < 1.29 is 19.2 Å². The summed E-state index contributed by atoms with van der Waals surface area (Å²) in [5, 5.41) is 11.2. The number of rotatable bonds is 0. The van der Waals surface area contributed by atoms with Crippen LogP contribution in [0.3, 0.4) is 0 Å². The molecule has 8 nitrogen and oxygen atoms in total. The van der Waals surface area contributed by atoms with Gasteiger partial charge >= 0.3 is 0 Å². The normalized spacial score (nSPS) is 20.5. The molecule has 0 spiro atoms. The molecule has 0 aromatic rings. The van der Waals surface area contributed by atoms with E-state index in [1.807, 2.05) is 0 Å². The number of carbonyl (C=O) groups excluding carboxylic acids is 4. The molecule has 0 aromatic carbocycles. The van der Waals surface area contributed by atoms with E-state index in [0.717, 1.165) is 103 Å². The van der Waals surface area contributed by atoms with Crippen molar-refractivity contribution in [1.82, 2.24) is 21.3 Å². The lowest BCUT2D eigenvalue weighted by atomic mass is 10.2. The first-order chi connectivity index (χ1) is 15.6. The van der Waals surface area contributed by atoms with Crippen molar-refractivity contribution in [2.24, 2.45) is 0 Å². The van der Waals surface area contributed by atoms with Gasteiger partial charge in [-0.15, -0.1) is 0 Å². The largest absolute Gasteiger partial charge is 0.356 e. The molecule has 200 valence electrons. The molecule has 4 aliphatic heterocycles. The van der Waals surface area contributed by atoms with Gasteiger partial charge in [-0.3, -0.25) is 19.2 Å². The SMILES string of the molecule is O=C1CCCCCN1.O=C1CCCCCN1.O=C1CCCCCN1.O=C1CCCCCN1.S.S. The molecule has 4 saturated heterocycles. The van der Waals surface area contributed by atoms with Crippen LogP contribution < -0.4 is 21.3 Å². The molecule has 34 heavy (non-hydrogen) atoms. The molecule has 4 aliphatic rings. The maximum atomic E-state index is 10.6. The predicted molar refractivity (Wildman–Crippen MR) is 147 cm³/mol. The van der Waals surface area contributed by atoms with Crippen LogP contribution in [0.25, 0.3) is 0 Å². The molecular weight excluding hydrogens is 472 g/mol. The van der Waals surface area contributed by atoms with Gasteiger partial charge in [0.1, 0.15) is 0 Å². The molecule has 0 unspecified atom stereocenters. The molecule has 10 heteroatoms. The van der Waals surface area contributed by atoms with Gasteiger partial charge in [-0.2, -0.15) is 27.0 Å². The molecule has 0 radical (unpaired) electrons. The second kappa shape index (κ2) is 24.7. The van der Waals surface area contributed by atoms with E-state index in [0.29, 0.717) is 0 Å². The Bertz CT molecular complexity index is 429. The Morgan fingerprint density at radius 1 is 0.324 bits per heavy atom. The van der Waals surface area contributed by atoms with Gasteiger partial charge in [-0.25, -0.2) is 0 Å². The second-order valence-corrected chi connectivity index (χ2v) is 8.64. The Morgan fingerprint density at radius 2 is 0.529 bits per heavy atom. The summed E-state index contributed by atoms with van der Waals surface area (Å²) in [5.74, 6) is 0.898.